The van der Waals surface area contributed by atoms with Crippen LogP contribution in [0.1, 0.15) is 40.5 Å². The highest BCUT2D eigenvalue weighted by Gasteiger charge is 2.19. The Balaban J connectivity index is 3.56. The summed E-state index contributed by atoms with van der Waals surface area (Å²) in [6.45, 7) is 9.18. The van der Waals surface area contributed by atoms with Crippen molar-refractivity contribution in [3.63, 3.8) is 0 Å². The van der Waals surface area contributed by atoms with E-state index < -0.39 is 0 Å². The number of hydrogen-bond donors (Lipinski definition) is 0. The SMILES string of the molecule is CCSCCC(C)(C)CC(C)Br. The largest absolute Gasteiger partial charge is 0.162 e. The summed E-state index contributed by atoms with van der Waals surface area (Å²) >= 11 is 5.66. The van der Waals surface area contributed by atoms with E-state index in [0.717, 1.165) is 0 Å². The summed E-state index contributed by atoms with van der Waals surface area (Å²) in [5, 5.41) is 0. The standard InChI is InChI=1S/C10H21BrS/c1-5-12-7-6-10(3,4)8-9(2)11/h9H,5-8H2,1-4H3. The van der Waals surface area contributed by atoms with E-state index in [4.69, 9.17) is 0 Å². The van der Waals surface area contributed by atoms with E-state index in [-0.39, 0.29) is 0 Å². The van der Waals surface area contributed by atoms with E-state index >= 15 is 0 Å². The maximum Gasteiger partial charge on any atom is 0.0122 e. The van der Waals surface area contributed by atoms with Gasteiger partial charge in [-0.15, -0.1) is 0 Å². The minimum atomic E-state index is 0.505. The first-order valence-corrected chi connectivity index (χ1v) is 6.77. The van der Waals surface area contributed by atoms with Gasteiger partial charge in [-0.3, -0.25) is 0 Å². The highest BCUT2D eigenvalue weighted by Crippen LogP contribution is 2.30. The molecule has 1 atom stereocenters. The first kappa shape index (κ1) is 12.8. The van der Waals surface area contributed by atoms with E-state index in [1.54, 1.807) is 0 Å². The summed E-state index contributed by atoms with van der Waals surface area (Å²) in [7, 11) is 0. The Morgan fingerprint density at radius 2 is 2.00 bits per heavy atom. The fourth-order valence-electron chi connectivity index (χ4n) is 1.36. The zero-order chi connectivity index (χ0) is 9.61. The van der Waals surface area contributed by atoms with Crippen LogP contribution < -0.4 is 0 Å². The van der Waals surface area contributed by atoms with Crippen LogP contribution >= 0.6 is 27.7 Å². The summed E-state index contributed by atoms with van der Waals surface area (Å²) < 4.78 is 0. The van der Waals surface area contributed by atoms with Gasteiger partial charge < -0.3 is 0 Å². The van der Waals surface area contributed by atoms with Crippen molar-refractivity contribution >= 4 is 27.7 Å². The molecule has 0 aliphatic heterocycles. The van der Waals surface area contributed by atoms with Crippen LogP contribution in [-0.4, -0.2) is 16.3 Å². The van der Waals surface area contributed by atoms with Gasteiger partial charge in [0.15, 0.2) is 0 Å². The molecule has 0 heterocycles. The van der Waals surface area contributed by atoms with Crippen molar-refractivity contribution in [2.45, 2.75) is 45.4 Å². The lowest BCUT2D eigenvalue weighted by molar-refractivity contribution is 0.327. The van der Waals surface area contributed by atoms with Gasteiger partial charge in [0.1, 0.15) is 0 Å². The zero-order valence-corrected chi connectivity index (χ0v) is 11.1. The Kier molecular flexibility index (Phi) is 6.75. The van der Waals surface area contributed by atoms with Crippen LogP contribution in [0, 0.1) is 5.41 Å². The number of alkyl halides is 1. The summed E-state index contributed by atoms with van der Waals surface area (Å²) in [5.41, 5.74) is 0.505. The Labute approximate surface area is 90.0 Å². The molecule has 0 radical (unpaired) electrons. The van der Waals surface area contributed by atoms with Gasteiger partial charge in [0.25, 0.3) is 0 Å². The molecule has 0 aromatic heterocycles. The summed E-state index contributed by atoms with van der Waals surface area (Å²) in [5.74, 6) is 2.56. The van der Waals surface area contributed by atoms with Crippen molar-refractivity contribution in [2.75, 3.05) is 11.5 Å². The molecule has 74 valence electrons. The summed E-state index contributed by atoms with van der Waals surface area (Å²) in [6, 6.07) is 0. The molecule has 0 aromatic rings. The average Bonchev–Trinajstić information content (AvgIpc) is 1.84. The lowest BCUT2D eigenvalue weighted by Gasteiger charge is -2.25. The lowest BCUT2D eigenvalue weighted by Crippen LogP contribution is -2.16. The van der Waals surface area contributed by atoms with Crippen LogP contribution in [0.2, 0.25) is 0 Å². The topological polar surface area (TPSA) is 0 Å². The van der Waals surface area contributed by atoms with Gasteiger partial charge in [0.2, 0.25) is 0 Å². The average molecular weight is 253 g/mol. The van der Waals surface area contributed by atoms with Crippen LogP contribution in [-0.2, 0) is 0 Å². The van der Waals surface area contributed by atoms with Crippen molar-refractivity contribution in [3.05, 3.63) is 0 Å². The van der Waals surface area contributed by atoms with Crippen LogP contribution in [0.15, 0.2) is 0 Å². The fourth-order valence-corrected chi connectivity index (χ4v) is 3.22. The Hall–Kier alpha value is 0.830. The third-order valence-corrected chi connectivity index (χ3v) is 3.19. The molecule has 0 bridgehead atoms. The van der Waals surface area contributed by atoms with E-state index in [1.165, 1.54) is 24.3 Å². The minimum absolute atomic E-state index is 0.505. The first-order valence-electron chi connectivity index (χ1n) is 4.70. The molecule has 0 aliphatic carbocycles. The molecular weight excluding hydrogens is 232 g/mol. The third-order valence-electron chi connectivity index (χ3n) is 1.96. The van der Waals surface area contributed by atoms with Crippen LogP contribution in [0.4, 0.5) is 0 Å². The van der Waals surface area contributed by atoms with Crippen molar-refractivity contribution < 1.29 is 0 Å². The Bertz CT molecular complexity index is 110. The molecule has 12 heavy (non-hydrogen) atoms. The second-order valence-corrected chi connectivity index (χ2v) is 7.05. The third kappa shape index (κ3) is 7.48. The van der Waals surface area contributed by atoms with E-state index in [9.17, 15) is 0 Å². The smallest absolute Gasteiger partial charge is 0.0122 e. The maximum atomic E-state index is 3.61. The van der Waals surface area contributed by atoms with E-state index in [1.807, 2.05) is 11.8 Å². The van der Waals surface area contributed by atoms with Gasteiger partial charge in [-0.05, 0) is 29.8 Å². The minimum Gasteiger partial charge on any atom is -0.162 e. The molecule has 2 heteroatoms. The predicted octanol–water partition coefficient (Wildman–Crippen LogP) is 4.33. The lowest BCUT2D eigenvalue weighted by atomic mass is 9.85. The second-order valence-electron chi connectivity index (χ2n) is 4.10. The quantitative estimate of drug-likeness (QED) is 0.501. The first-order chi connectivity index (χ1) is 5.48. The monoisotopic (exact) mass is 252 g/mol. The number of rotatable bonds is 6. The van der Waals surface area contributed by atoms with Crippen molar-refractivity contribution in [2.24, 2.45) is 5.41 Å². The molecule has 0 aromatic carbocycles. The second kappa shape index (κ2) is 6.31. The molecule has 0 saturated heterocycles. The molecule has 0 N–H and O–H groups in total. The highest BCUT2D eigenvalue weighted by atomic mass is 79.9. The Morgan fingerprint density at radius 1 is 1.42 bits per heavy atom. The van der Waals surface area contributed by atoms with E-state index in [2.05, 4.69) is 43.6 Å². The normalized spacial score (nSPS) is 14.8. The molecule has 0 saturated carbocycles. The molecule has 0 rings (SSSR count). The molecule has 0 aliphatic rings. The fraction of sp³-hybridized carbons (Fsp3) is 1.00. The zero-order valence-electron chi connectivity index (χ0n) is 8.69. The Morgan fingerprint density at radius 3 is 2.42 bits per heavy atom. The van der Waals surface area contributed by atoms with Gasteiger partial charge in [-0.2, -0.15) is 11.8 Å². The van der Waals surface area contributed by atoms with Crippen molar-refractivity contribution in [3.8, 4) is 0 Å². The number of thioether (sulfide) groups is 1. The molecular formula is C10H21BrS. The molecule has 1 unspecified atom stereocenters. The predicted molar refractivity (Wildman–Crippen MR) is 64.4 cm³/mol. The van der Waals surface area contributed by atoms with Gasteiger partial charge in [0.05, 0.1) is 0 Å². The van der Waals surface area contributed by atoms with Gasteiger partial charge in [-0.25, -0.2) is 0 Å². The van der Waals surface area contributed by atoms with Crippen molar-refractivity contribution in [1.82, 2.24) is 0 Å². The van der Waals surface area contributed by atoms with Crippen molar-refractivity contribution in [1.29, 1.82) is 0 Å². The molecule has 0 nitrogen and oxygen atoms in total. The van der Waals surface area contributed by atoms with Gasteiger partial charge >= 0.3 is 0 Å². The summed E-state index contributed by atoms with van der Waals surface area (Å²) in [4.78, 5) is 0.652. The molecule has 0 spiro atoms. The summed E-state index contributed by atoms with van der Waals surface area (Å²) in [6.07, 6.45) is 2.61. The maximum absolute atomic E-state index is 3.61. The van der Waals surface area contributed by atoms with Crippen LogP contribution in [0.3, 0.4) is 0 Å². The van der Waals surface area contributed by atoms with Gasteiger partial charge in [-0.1, -0.05) is 43.6 Å². The van der Waals surface area contributed by atoms with Crippen LogP contribution in [0.5, 0.6) is 0 Å². The number of hydrogen-bond acceptors (Lipinski definition) is 1. The molecule has 0 amide bonds. The van der Waals surface area contributed by atoms with E-state index in [0.29, 0.717) is 10.2 Å². The molecule has 0 fully saturated rings. The highest BCUT2D eigenvalue weighted by molar-refractivity contribution is 9.09. The van der Waals surface area contributed by atoms with Crippen LogP contribution in [0.25, 0.3) is 0 Å². The number of halogens is 1. The van der Waals surface area contributed by atoms with Gasteiger partial charge in [0, 0.05) is 4.83 Å².